The quantitative estimate of drug-likeness (QED) is 0.564. The van der Waals surface area contributed by atoms with Gasteiger partial charge in [0.2, 0.25) is 11.8 Å². The fourth-order valence-electron chi connectivity index (χ4n) is 2.77. The first-order valence-corrected chi connectivity index (χ1v) is 9.18. The van der Waals surface area contributed by atoms with E-state index in [1.807, 2.05) is 32.0 Å². The average molecular weight is 381 g/mol. The molecule has 0 aliphatic carbocycles. The number of amides is 2. The lowest BCUT2D eigenvalue weighted by atomic mass is 10.0. The highest BCUT2D eigenvalue weighted by molar-refractivity contribution is 5.99. The molecule has 2 aromatic rings. The molecule has 2 atom stereocenters. The molecule has 0 saturated carbocycles. The van der Waals surface area contributed by atoms with Crippen molar-refractivity contribution in [3.05, 3.63) is 66.2 Å². The van der Waals surface area contributed by atoms with E-state index in [0.717, 1.165) is 11.1 Å². The van der Waals surface area contributed by atoms with Crippen LogP contribution in [0.3, 0.4) is 0 Å². The molecule has 2 unspecified atom stereocenters. The lowest BCUT2D eigenvalue weighted by molar-refractivity contribution is -0.128. The first kappa shape index (κ1) is 21.2. The number of para-hydroxylation sites is 1. The van der Waals surface area contributed by atoms with Gasteiger partial charge in [0.15, 0.2) is 0 Å². The number of rotatable bonds is 8. The number of hydrogen-bond donors (Lipinski definition) is 4. The molecule has 0 saturated heterocycles. The molecule has 28 heavy (non-hydrogen) atoms. The topological polar surface area (TPSA) is 104 Å². The second kappa shape index (κ2) is 9.71. The van der Waals surface area contributed by atoms with Crippen LogP contribution in [0.2, 0.25) is 0 Å². The summed E-state index contributed by atoms with van der Waals surface area (Å²) in [6, 6.07) is 12.3. The zero-order chi connectivity index (χ0) is 20.7. The minimum absolute atomic E-state index is 0.124. The van der Waals surface area contributed by atoms with Crippen LogP contribution >= 0.6 is 0 Å². The van der Waals surface area contributed by atoms with Crippen molar-refractivity contribution in [3.8, 4) is 5.75 Å². The normalized spacial score (nSPS) is 12.9. The van der Waals surface area contributed by atoms with Gasteiger partial charge in [0.1, 0.15) is 11.8 Å². The van der Waals surface area contributed by atoms with E-state index in [9.17, 15) is 14.7 Å². The predicted octanol–water partition coefficient (Wildman–Crippen LogP) is 2.68. The number of benzene rings is 2. The molecule has 6 nitrogen and oxygen atoms in total. The van der Waals surface area contributed by atoms with Crippen LogP contribution in [0.15, 0.2) is 55.1 Å². The maximum Gasteiger partial charge on any atom is 0.247 e. The van der Waals surface area contributed by atoms with Gasteiger partial charge < -0.3 is 21.5 Å². The predicted molar refractivity (Wildman–Crippen MR) is 112 cm³/mol. The van der Waals surface area contributed by atoms with Crippen molar-refractivity contribution < 1.29 is 14.7 Å². The van der Waals surface area contributed by atoms with Crippen molar-refractivity contribution in [2.75, 3.05) is 5.32 Å². The van der Waals surface area contributed by atoms with Gasteiger partial charge >= 0.3 is 0 Å². The summed E-state index contributed by atoms with van der Waals surface area (Å²) in [5.74, 6) is -0.688. The Morgan fingerprint density at radius 3 is 2.36 bits per heavy atom. The van der Waals surface area contributed by atoms with E-state index in [0.29, 0.717) is 12.1 Å². The van der Waals surface area contributed by atoms with Gasteiger partial charge in [-0.1, -0.05) is 56.8 Å². The smallest absolute Gasteiger partial charge is 0.247 e. The van der Waals surface area contributed by atoms with E-state index in [1.54, 1.807) is 36.4 Å². The second-order valence-corrected chi connectivity index (χ2v) is 6.99. The first-order valence-electron chi connectivity index (χ1n) is 9.18. The molecule has 0 aromatic heterocycles. The molecule has 0 aliphatic rings. The van der Waals surface area contributed by atoms with Crippen LogP contribution in [-0.4, -0.2) is 29.0 Å². The SMILES string of the molecule is C=Cc1ccccc1NC(=O)C(NC(=O)C(N)Cc1ccc(O)cc1)C(C)C. The fraction of sp³-hybridized carbons (Fsp3) is 0.273. The summed E-state index contributed by atoms with van der Waals surface area (Å²) in [7, 11) is 0. The molecule has 0 aliphatic heterocycles. The van der Waals surface area contributed by atoms with Gasteiger partial charge in [-0.3, -0.25) is 9.59 Å². The van der Waals surface area contributed by atoms with E-state index in [2.05, 4.69) is 17.2 Å². The van der Waals surface area contributed by atoms with Crippen molar-refractivity contribution >= 4 is 23.6 Å². The average Bonchev–Trinajstić information content (AvgIpc) is 2.67. The first-order chi connectivity index (χ1) is 13.3. The van der Waals surface area contributed by atoms with E-state index in [4.69, 9.17) is 5.73 Å². The highest BCUT2D eigenvalue weighted by Gasteiger charge is 2.27. The monoisotopic (exact) mass is 381 g/mol. The van der Waals surface area contributed by atoms with Crippen LogP contribution in [0.25, 0.3) is 6.08 Å². The highest BCUT2D eigenvalue weighted by atomic mass is 16.3. The largest absolute Gasteiger partial charge is 0.508 e. The highest BCUT2D eigenvalue weighted by Crippen LogP contribution is 2.17. The van der Waals surface area contributed by atoms with Gasteiger partial charge in [0.25, 0.3) is 0 Å². The van der Waals surface area contributed by atoms with E-state index in [1.165, 1.54) is 0 Å². The van der Waals surface area contributed by atoms with Crippen molar-refractivity contribution in [1.29, 1.82) is 0 Å². The van der Waals surface area contributed by atoms with Gasteiger partial charge in [-0.05, 0) is 41.7 Å². The number of carbonyl (C=O) groups excluding carboxylic acids is 2. The third-order valence-electron chi connectivity index (χ3n) is 4.41. The molecule has 148 valence electrons. The minimum Gasteiger partial charge on any atom is -0.508 e. The van der Waals surface area contributed by atoms with Crippen LogP contribution < -0.4 is 16.4 Å². The standard InChI is InChI=1S/C22H27N3O3/c1-4-16-7-5-6-8-19(16)24-22(28)20(14(2)3)25-21(27)18(23)13-15-9-11-17(26)12-10-15/h4-12,14,18,20,26H,1,13,23H2,2-3H3,(H,24,28)(H,25,27). The van der Waals surface area contributed by atoms with Crippen molar-refractivity contribution in [3.63, 3.8) is 0 Å². The molecular formula is C22H27N3O3. The van der Waals surface area contributed by atoms with Gasteiger partial charge in [-0.25, -0.2) is 0 Å². The molecule has 5 N–H and O–H groups in total. The number of phenolic OH excluding ortho intramolecular Hbond substituents is 1. The Hall–Kier alpha value is -3.12. The van der Waals surface area contributed by atoms with Gasteiger partial charge in [-0.15, -0.1) is 0 Å². The lowest BCUT2D eigenvalue weighted by Gasteiger charge is -2.24. The van der Waals surface area contributed by atoms with Crippen LogP contribution in [0.4, 0.5) is 5.69 Å². The zero-order valence-electron chi connectivity index (χ0n) is 16.2. The molecule has 0 fully saturated rings. The summed E-state index contributed by atoms with van der Waals surface area (Å²) >= 11 is 0. The Labute approximate surface area is 165 Å². The molecule has 0 radical (unpaired) electrons. The summed E-state index contributed by atoms with van der Waals surface area (Å²) < 4.78 is 0. The zero-order valence-corrected chi connectivity index (χ0v) is 16.2. The van der Waals surface area contributed by atoms with Gasteiger partial charge in [0, 0.05) is 5.69 Å². The summed E-state index contributed by atoms with van der Waals surface area (Å²) in [5, 5.41) is 14.9. The Morgan fingerprint density at radius 2 is 1.75 bits per heavy atom. The number of phenols is 1. The molecule has 2 amide bonds. The Morgan fingerprint density at radius 1 is 1.11 bits per heavy atom. The maximum absolute atomic E-state index is 12.7. The third kappa shape index (κ3) is 5.69. The van der Waals surface area contributed by atoms with Crippen LogP contribution in [0.1, 0.15) is 25.0 Å². The van der Waals surface area contributed by atoms with Crippen LogP contribution in [0.5, 0.6) is 5.75 Å². The number of carbonyl (C=O) groups is 2. The number of hydrogen-bond acceptors (Lipinski definition) is 4. The minimum atomic E-state index is -0.806. The Balaban J connectivity index is 2.04. The number of aromatic hydroxyl groups is 1. The molecule has 0 spiro atoms. The van der Waals surface area contributed by atoms with E-state index >= 15 is 0 Å². The van der Waals surface area contributed by atoms with Crippen LogP contribution in [0, 0.1) is 5.92 Å². The van der Waals surface area contributed by atoms with Crippen molar-refractivity contribution in [1.82, 2.24) is 5.32 Å². The summed E-state index contributed by atoms with van der Waals surface area (Å²) in [6.07, 6.45) is 1.96. The molecule has 0 heterocycles. The van der Waals surface area contributed by atoms with E-state index < -0.39 is 18.0 Å². The van der Waals surface area contributed by atoms with Gasteiger partial charge in [-0.2, -0.15) is 0 Å². The maximum atomic E-state index is 12.7. The van der Waals surface area contributed by atoms with Crippen molar-refractivity contribution in [2.45, 2.75) is 32.4 Å². The third-order valence-corrected chi connectivity index (χ3v) is 4.41. The lowest BCUT2D eigenvalue weighted by Crippen LogP contribution is -2.52. The summed E-state index contributed by atoms with van der Waals surface area (Å²) in [6.45, 7) is 7.46. The second-order valence-electron chi connectivity index (χ2n) is 6.99. The molecular weight excluding hydrogens is 354 g/mol. The van der Waals surface area contributed by atoms with Crippen molar-refractivity contribution in [2.24, 2.45) is 11.7 Å². The molecule has 2 aromatic carbocycles. The molecule has 2 rings (SSSR count). The molecule has 0 bridgehead atoms. The van der Waals surface area contributed by atoms with Crippen LogP contribution in [-0.2, 0) is 16.0 Å². The Bertz CT molecular complexity index is 831. The molecule has 6 heteroatoms. The fourth-order valence-corrected chi connectivity index (χ4v) is 2.77. The van der Waals surface area contributed by atoms with Gasteiger partial charge in [0.05, 0.1) is 6.04 Å². The number of nitrogens with two attached hydrogens (primary N) is 1. The number of anilines is 1. The summed E-state index contributed by atoms with van der Waals surface area (Å²) in [4.78, 5) is 25.3. The number of nitrogens with one attached hydrogen (secondary N) is 2. The summed E-state index contributed by atoms with van der Waals surface area (Å²) in [5.41, 5.74) is 8.27. The van der Waals surface area contributed by atoms with E-state index in [-0.39, 0.29) is 17.6 Å². The Kier molecular flexibility index (Phi) is 7.35.